The van der Waals surface area contributed by atoms with Crippen molar-refractivity contribution in [2.24, 2.45) is 0 Å². The summed E-state index contributed by atoms with van der Waals surface area (Å²) >= 11 is 0. The molecule has 0 atom stereocenters. The van der Waals surface area contributed by atoms with E-state index in [4.69, 9.17) is 0 Å². The van der Waals surface area contributed by atoms with E-state index >= 15 is 0 Å². The average molecular weight is 150 g/mol. The van der Waals surface area contributed by atoms with Gasteiger partial charge < -0.3 is 0 Å². The first-order valence-electron chi connectivity index (χ1n) is 4.56. The van der Waals surface area contributed by atoms with E-state index in [9.17, 15) is 0 Å². The lowest BCUT2D eigenvalue weighted by Gasteiger charge is -2.16. The molecule has 0 aromatic heterocycles. The van der Waals surface area contributed by atoms with Crippen molar-refractivity contribution in [2.45, 2.75) is 46.0 Å². The van der Waals surface area contributed by atoms with Crippen molar-refractivity contribution in [1.82, 2.24) is 0 Å². The molecule has 1 aliphatic carbocycles. The second kappa shape index (κ2) is 3.75. The number of hydrogen-bond acceptors (Lipinski definition) is 0. The molecule has 1 aliphatic rings. The van der Waals surface area contributed by atoms with E-state index in [1.54, 1.807) is 5.57 Å². The molecule has 0 aromatic rings. The Hall–Kier alpha value is -0.520. The molecule has 0 heteroatoms. The maximum absolute atomic E-state index is 3.97. The molecule has 0 radical (unpaired) electrons. The summed E-state index contributed by atoms with van der Waals surface area (Å²) in [6.45, 7) is 8.29. The van der Waals surface area contributed by atoms with Crippen LogP contribution in [0.1, 0.15) is 46.0 Å². The van der Waals surface area contributed by atoms with Crippen molar-refractivity contribution in [3.63, 3.8) is 0 Å². The lowest BCUT2D eigenvalue weighted by atomic mass is 9.90. The summed E-state index contributed by atoms with van der Waals surface area (Å²) in [5, 5.41) is 0. The Morgan fingerprint density at radius 3 is 2.09 bits per heavy atom. The Morgan fingerprint density at radius 1 is 1.09 bits per heavy atom. The van der Waals surface area contributed by atoms with E-state index in [-0.39, 0.29) is 0 Å². The fourth-order valence-electron chi connectivity index (χ4n) is 1.66. The third-order valence-electron chi connectivity index (χ3n) is 2.63. The maximum Gasteiger partial charge on any atom is -0.0314 e. The standard InChI is InChI=1S/C11H18/c1-9(2)10(3)11-7-5-4-6-8-11/h1,4-8H2,2-3H3. The minimum absolute atomic E-state index is 1.25. The van der Waals surface area contributed by atoms with Crippen LogP contribution < -0.4 is 0 Å². The minimum atomic E-state index is 1.25. The summed E-state index contributed by atoms with van der Waals surface area (Å²) in [6, 6.07) is 0. The van der Waals surface area contributed by atoms with Gasteiger partial charge in [-0.25, -0.2) is 0 Å². The van der Waals surface area contributed by atoms with Gasteiger partial charge in [-0.3, -0.25) is 0 Å². The highest BCUT2D eigenvalue weighted by molar-refractivity contribution is 5.30. The largest absolute Gasteiger partial charge is 0.0959 e. The van der Waals surface area contributed by atoms with Crippen LogP contribution in [-0.4, -0.2) is 0 Å². The molecule has 0 amide bonds. The summed E-state index contributed by atoms with van der Waals surface area (Å²) in [5.74, 6) is 0. The van der Waals surface area contributed by atoms with Gasteiger partial charge in [-0.1, -0.05) is 24.1 Å². The molecule has 0 spiro atoms. The molecular formula is C11H18. The van der Waals surface area contributed by atoms with Crippen molar-refractivity contribution in [3.8, 4) is 0 Å². The molecule has 0 N–H and O–H groups in total. The van der Waals surface area contributed by atoms with E-state index in [0.717, 1.165) is 0 Å². The van der Waals surface area contributed by atoms with Gasteiger partial charge in [-0.2, -0.15) is 0 Å². The Kier molecular flexibility index (Phi) is 2.92. The Bertz CT molecular complexity index is 176. The van der Waals surface area contributed by atoms with E-state index in [2.05, 4.69) is 20.4 Å². The van der Waals surface area contributed by atoms with Gasteiger partial charge in [0.1, 0.15) is 0 Å². The van der Waals surface area contributed by atoms with E-state index in [1.807, 2.05) is 0 Å². The molecule has 0 heterocycles. The average Bonchev–Trinajstić information content (AvgIpc) is 2.05. The highest BCUT2D eigenvalue weighted by atomic mass is 14.1. The van der Waals surface area contributed by atoms with Gasteiger partial charge >= 0.3 is 0 Å². The van der Waals surface area contributed by atoms with Crippen LogP contribution in [0.5, 0.6) is 0 Å². The molecule has 0 nitrogen and oxygen atoms in total. The molecule has 11 heavy (non-hydrogen) atoms. The first kappa shape index (κ1) is 8.58. The van der Waals surface area contributed by atoms with Gasteiger partial charge in [-0.15, -0.1) is 0 Å². The molecule has 0 saturated heterocycles. The van der Waals surface area contributed by atoms with Crippen LogP contribution in [0.25, 0.3) is 0 Å². The zero-order chi connectivity index (χ0) is 8.27. The van der Waals surface area contributed by atoms with Crippen molar-refractivity contribution in [1.29, 1.82) is 0 Å². The predicted octanol–water partition coefficient (Wildman–Crippen LogP) is 3.84. The molecule has 0 bridgehead atoms. The van der Waals surface area contributed by atoms with Crippen molar-refractivity contribution >= 4 is 0 Å². The maximum atomic E-state index is 3.97. The predicted molar refractivity (Wildman–Crippen MR) is 50.6 cm³/mol. The molecule has 0 unspecified atom stereocenters. The molecule has 62 valence electrons. The van der Waals surface area contributed by atoms with Crippen LogP contribution >= 0.6 is 0 Å². The monoisotopic (exact) mass is 150 g/mol. The molecule has 1 rings (SSSR count). The number of rotatable bonds is 1. The lowest BCUT2D eigenvalue weighted by Crippen LogP contribution is -1.97. The van der Waals surface area contributed by atoms with Crippen LogP contribution in [0, 0.1) is 0 Å². The Balaban J connectivity index is 2.68. The SMILES string of the molecule is C=C(C)C(C)=C1CCCCC1. The fraction of sp³-hybridized carbons (Fsp3) is 0.636. The molecule has 0 aromatic carbocycles. The topological polar surface area (TPSA) is 0 Å². The summed E-state index contributed by atoms with van der Waals surface area (Å²) in [6.07, 6.45) is 6.84. The second-order valence-corrected chi connectivity index (χ2v) is 3.57. The highest BCUT2D eigenvalue weighted by Crippen LogP contribution is 2.27. The van der Waals surface area contributed by atoms with Gasteiger partial charge in [-0.05, 0) is 45.1 Å². The van der Waals surface area contributed by atoms with Crippen LogP contribution in [0.4, 0.5) is 0 Å². The van der Waals surface area contributed by atoms with Crippen LogP contribution in [-0.2, 0) is 0 Å². The van der Waals surface area contributed by atoms with Crippen molar-refractivity contribution < 1.29 is 0 Å². The zero-order valence-corrected chi connectivity index (χ0v) is 7.74. The van der Waals surface area contributed by atoms with Gasteiger partial charge in [0, 0.05) is 0 Å². The fourth-order valence-corrected chi connectivity index (χ4v) is 1.66. The van der Waals surface area contributed by atoms with Crippen LogP contribution in [0.15, 0.2) is 23.3 Å². The van der Waals surface area contributed by atoms with E-state index in [1.165, 1.54) is 43.3 Å². The Labute approximate surface area is 70.0 Å². The first-order valence-corrected chi connectivity index (χ1v) is 4.56. The smallest absolute Gasteiger partial charge is 0.0314 e. The van der Waals surface area contributed by atoms with Crippen molar-refractivity contribution in [3.05, 3.63) is 23.3 Å². The quantitative estimate of drug-likeness (QED) is 0.532. The van der Waals surface area contributed by atoms with E-state index in [0.29, 0.717) is 0 Å². The van der Waals surface area contributed by atoms with Gasteiger partial charge in [0.25, 0.3) is 0 Å². The number of allylic oxidation sites excluding steroid dienone is 3. The second-order valence-electron chi connectivity index (χ2n) is 3.57. The third kappa shape index (κ3) is 2.21. The number of hydrogen-bond donors (Lipinski definition) is 0. The molecule has 0 aliphatic heterocycles. The first-order chi connectivity index (χ1) is 5.22. The highest BCUT2D eigenvalue weighted by Gasteiger charge is 2.07. The summed E-state index contributed by atoms with van der Waals surface area (Å²) in [4.78, 5) is 0. The summed E-state index contributed by atoms with van der Waals surface area (Å²) in [7, 11) is 0. The van der Waals surface area contributed by atoms with E-state index < -0.39 is 0 Å². The van der Waals surface area contributed by atoms with Gasteiger partial charge in [0.05, 0.1) is 0 Å². The zero-order valence-electron chi connectivity index (χ0n) is 7.74. The summed E-state index contributed by atoms with van der Waals surface area (Å²) < 4.78 is 0. The van der Waals surface area contributed by atoms with Gasteiger partial charge in [0.15, 0.2) is 0 Å². The van der Waals surface area contributed by atoms with Crippen molar-refractivity contribution in [2.75, 3.05) is 0 Å². The van der Waals surface area contributed by atoms with Crippen LogP contribution in [0.2, 0.25) is 0 Å². The normalized spacial score (nSPS) is 18.2. The molecular weight excluding hydrogens is 132 g/mol. The minimum Gasteiger partial charge on any atom is -0.0959 e. The molecule has 1 fully saturated rings. The van der Waals surface area contributed by atoms with Crippen LogP contribution in [0.3, 0.4) is 0 Å². The Morgan fingerprint density at radius 2 is 1.64 bits per heavy atom. The third-order valence-corrected chi connectivity index (χ3v) is 2.63. The molecule has 1 saturated carbocycles. The lowest BCUT2D eigenvalue weighted by molar-refractivity contribution is 0.594. The summed E-state index contributed by atoms with van der Waals surface area (Å²) in [5.41, 5.74) is 4.37. The van der Waals surface area contributed by atoms with Gasteiger partial charge in [0.2, 0.25) is 0 Å².